The van der Waals surface area contributed by atoms with Crippen LogP contribution in [0.1, 0.15) is 63.1 Å². The number of rotatable bonds is 12. The van der Waals surface area contributed by atoms with Gasteiger partial charge in [-0.05, 0) is 73.6 Å². The number of carbonyl (C=O) groups is 2. The smallest absolute Gasteiger partial charge is 0.335 e. The fraction of sp³-hybridized carbons (Fsp3) is 0.278. The van der Waals surface area contributed by atoms with Crippen LogP contribution in [0, 0.1) is 13.8 Å². The predicted octanol–water partition coefficient (Wildman–Crippen LogP) is 7.18. The summed E-state index contributed by atoms with van der Waals surface area (Å²) >= 11 is 0. The van der Waals surface area contributed by atoms with Gasteiger partial charge in [-0.2, -0.15) is 0 Å². The van der Waals surface area contributed by atoms with Crippen molar-refractivity contribution in [1.82, 2.24) is 9.47 Å². The Labute approximate surface area is 247 Å². The summed E-state index contributed by atoms with van der Waals surface area (Å²) in [6, 6.07) is 28.4. The second kappa shape index (κ2) is 13.0. The minimum absolute atomic E-state index is 0.0166. The average molecular weight is 563 g/mol. The number of carboxylic acid groups (broad SMARTS) is 1. The molecule has 216 valence electrons. The maximum absolute atomic E-state index is 13.9. The first-order valence-corrected chi connectivity index (χ1v) is 14.5. The molecule has 3 aromatic carbocycles. The number of carbonyl (C=O) groups excluding carboxylic acids is 1. The van der Waals surface area contributed by atoms with E-state index in [1.807, 2.05) is 64.2 Å². The van der Waals surface area contributed by atoms with E-state index in [4.69, 9.17) is 4.74 Å². The molecule has 1 aliphatic carbocycles. The Balaban J connectivity index is 1.27. The number of nitrogens with zero attached hydrogens (tertiary/aromatic N) is 2. The molecule has 0 spiro atoms. The van der Waals surface area contributed by atoms with Gasteiger partial charge in [0.25, 0.3) is 5.91 Å². The van der Waals surface area contributed by atoms with E-state index in [1.165, 1.54) is 11.1 Å². The lowest BCUT2D eigenvalue weighted by molar-refractivity contribution is -0.181. The second-order valence-electron chi connectivity index (χ2n) is 11.3. The summed E-state index contributed by atoms with van der Waals surface area (Å²) in [7, 11) is 0. The van der Waals surface area contributed by atoms with Gasteiger partial charge < -0.3 is 19.3 Å². The molecule has 1 amide bonds. The number of hydrogen-bond donors (Lipinski definition) is 1. The number of aryl methyl sites for hydroxylation is 2. The number of hydrogen-bond acceptors (Lipinski definition) is 3. The molecular weight excluding hydrogens is 524 g/mol. The summed E-state index contributed by atoms with van der Waals surface area (Å²) < 4.78 is 7.79. The topological polar surface area (TPSA) is 71.8 Å². The van der Waals surface area contributed by atoms with Crippen LogP contribution in [-0.4, -0.2) is 32.1 Å². The molecule has 0 saturated heterocycles. The summed E-state index contributed by atoms with van der Waals surface area (Å²) in [6.45, 7) is 5.97. The number of allylic oxidation sites excluding steroid dienone is 1. The van der Waals surface area contributed by atoms with Crippen molar-refractivity contribution in [2.75, 3.05) is 0 Å². The molecule has 1 fully saturated rings. The first kappa shape index (κ1) is 29.1. The van der Waals surface area contributed by atoms with Gasteiger partial charge in [0.15, 0.2) is 5.60 Å². The third-order valence-electron chi connectivity index (χ3n) is 7.95. The summed E-state index contributed by atoms with van der Waals surface area (Å²) in [5, 5.41) is 9.52. The maximum Gasteiger partial charge on any atom is 0.335 e. The first-order chi connectivity index (χ1) is 20.3. The molecule has 1 saturated carbocycles. The molecule has 0 atom stereocenters. The van der Waals surface area contributed by atoms with E-state index in [0.717, 1.165) is 28.7 Å². The van der Waals surface area contributed by atoms with E-state index in [1.54, 1.807) is 0 Å². The number of benzene rings is 3. The number of ether oxygens (including phenoxy) is 1. The molecular formula is C36H38N2O4. The van der Waals surface area contributed by atoms with Crippen LogP contribution in [0.15, 0.2) is 97.2 Å². The Morgan fingerprint density at radius 2 is 1.52 bits per heavy atom. The SMILES string of the molecule is Cc1ccc(CN(Cc2ccc(C)cc2)C(=O)c2cccn2C/C=C/c2cccc(COC3(C(=O)O)CCC3)c2)cc1. The Morgan fingerprint density at radius 3 is 2.10 bits per heavy atom. The minimum Gasteiger partial charge on any atom is -0.479 e. The molecule has 6 heteroatoms. The van der Waals surface area contributed by atoms with Gasteiger partial charge in [0.2, 0.25) is 0 Å². The first-order valence-electron chi connectivity index (χ1n) is 14.5. The lowest BCUT2D eigenvalue weighted by Gasteiger charge is -2.37. The van der Waals surface area contributed by atoms with Gasteiger partial charge in [-0.25, -0.2) is 4.79 Å². The van der Waals surface area contributed by atoms with Crippen molar-refractivity contribution in [3.8, 4) is 0 Å². The molecule has 6 nitrogen and oxygen atoms in total. The van der Waals surface area contributed by atoms with Gasteiger partial charge in [-0.15, -0.1) is 0 Å². The Kier molecular flexibility index (Phi) is 9.03. The van der Waals surface area contributed by atoms with Crippen molar-refractivity contribution < 1.29 is 19.4 Å². The monoisotopic (exact) mass is 562 g/mol. The van der Waals surface area contributed by atoms with Gasteiger partial charge in [0, 0.05) is 25.8 Å². The number of amides is 1. The molecule has 0 unspecified atom stereocenters. The molecule has 5 rings (SSSR count). The van der Waals surface area contributed by atoms with Gasteiger partial charge >= 0.3 is 5.97 Å². The van der Waals surface area contributed by atoms with Crippen LogP contribution in [0.25, 0.3) is 6.08 Å². The van der Waals surface area contributed by atoms with Crippen molar-refractivity contribution in [3.63, 3.8) is 0 Å². The fourth-order valence-electron chi connectivity index (χ4n) is 5.18. The van der Waals surface area contributed by atoms with E-state index >= 15 is 0 Å². The lowest BCUT2D eigenvalue weighted by atomic mass is 9.80. The fourth-order valence-corrected chi connectivity index (χ4v) is 5.18. The molecule has 1 N–H and O–H groups in total. The lowest BCUT2D eigenvalue weighted by Crippen LogP contribution is -2.47. The van der Waals surface area contributed by atoms with Gasteiger partial charge in [0.1, 0.15) is 5.69 Å². The molecule has 0 aliphatic heterocycles. The largest absolute Gasteiger partial charge is 0.479 e. The molecule has 4 aromatic rings. The third kappa shape index (κ3) is 7.07. The molecule has 42 heavy (non-hydrogen) atoms. The van der Waals surface area contributed by atoms with Gasteiger partial charge in [-0.3, -0.25) is 4.79 Å². The highest BCUT2D eigenvalue weighted by molar-refractivity contribution is 5.92. The van der Waals surface area contributed by atoms with Crippen LogP contribution >= 0.6 is 0 Å². The highest BCUT2D eigenvalue weighted by Gasteiger charge is 2.45. The predicted molar refractivity (Wildman–Crippen MR) is 165 cm³/mol. The highest BCUT2D eigenvalue weighted by atomic mass is 16.5. The molecule has 1 heterocycles. The van der Waals surface area contributed by atoms with Crippen molar-refractivity contribution in [2.24, 2.45) is 0 Å². The number of aliphatic carboxylic acids is 1. The zero-order valence-corrected chi connectivity index (χ0v) is 24.3. The molecule has 1 aliphatic rings. The van der Waals surface area contributed by atoms with Crippen LogP contribution < -0.4 is 0 Å². The van der Waals surface area contributed by atoms with E-state index in [9.17, 15) is 14.7 Å². The molecule has 0 radical (unpaired) electrons. The van der Waals surface area contributed by atoms with E-state index in [2.05, 4.69) is 62.4 Å². The molecule has 1 aromatic heterocycles. The Hall–Kier alpha value is -4.42. The van der Waals surface area contributed by atoms with Crippen LogP contribution in [0.2, 0.25) is 0 Å². The van der Waals surface area contributed by atoms with Gasteiger partial charge in [-0.1, -0.05) is 90.0 Å². The van der Waals surface area contributed by atoms with Crippen molar-refractivity contribution in [3.05, 3.63) is 136 Å². The van der Waals surface area contributed by atoms with Crippen molar-refractivity contribution in [1.29, 1.82) is 0 Å². The van der Waals surface area contributed by atoms with E-state index < -0.39 is 11.6 Å². The normalized spacial score (nSPS) is 14.0. The third-order valence-corrected chi connectivity index (χ3v) is 7.95. The zero-order chi connectivity index (χ0) is 29.5. The van der Waals surface area contributed by atoms with Gasteiger partial charge in [0.05, 0.1) is 6.61 Å². The summed E-state index contributed by atoms with van der Waals surface area (Å²) in [5.74, 6) is -0.893. The Morgan fingerprint density at radius 1 is 0.881 bits per heavy atom. The van der Waals surface area contributed by atoms with Crippen LogP contribution in [-0.2, 0) is 35.8 Å². The Bertz CT molecular complexity index is 1500. The minimum atomic E-state index is -1.03. The van der Waals surface area contributed by atoms with Crippen LogP contribution in [0.5, 0.6) is 0 Å². The maximum atomic E-state index is 13.9. The summed E-state index contributed by atoms with van der Waals surface area (Å²) in [5.41, 5.74) is 6.10. The summed E-state index contributed by atoms with van der Waals surface area (Å²) in [6.07, 6.45) is 7.99. The summed E-state index contributed by atoms with van der Waals surface area (Å²) in [4.78, 5) is 27.4. The van der Waals surface area contributed by atoms with Crippen LogP contribution in [0.4, 0.5) is 0 Å². The average Bonchev–Trinajstić information content (AvgIpc) is 3.42. The van der Waals surface area contributed by atoms with E-state index in [0.29, 0.717) is 38.2 Å². The number of carboxylic acids is 1. The highest BCUT2D eigenvalue weighted by Crippen LogP contribution is 2.36. The quantitative estimate of drug-likeness (QED) is 0.198. The number of aromatic nitrogens is 1. The van der Waals surface area contributed by atoms with Crippen LogP contribution in [0.3, 0.4) is 0 Å². The molecule has 0 bridgehead atoms. The van der Waals surface area contributed by atoms with E-state index in [-0.39, 0.29) is 12.5 Å². The van der Waals surface area contributed by atoms with Crippen molar-refractivity contribution in [2.45, 2.75) is 65.0 Å². The second-order valence-corrected chi connectivity index (χ2v) is 11.3. The standard InChI is InChI=1S/C36H38N2O4/c1-27-11-15-30(16-12-27)24-38(25-31-17-13-28(2)14-18-31)34(39)33-10-5-22-37(33)21-4-9-29-7-3-8-32(23-29)26-42-36(35(40)41)19-6-20-36/h3-5,7-18,22-23H,6,19-21,24-26H2,1-2H3,(H,40,41)/b9-4+. The van der Waals surface area contributed by atoms with Crippen molar-refractivity contribution >= 4 is 18.0 Å². The zero-order valence-electron chi connectivity index (χ0n) is 24.3.